The van der Waals surface area contributed by atoms with Crippen molar-refractivity contribution < 1.29 is 4.39 Å². The van der Waals surface area contributed by atoms with E-state index in [0.717, 1.165) is 24.1 Å². The molecule has 0 amide bonds. The Hall–Kier alpha value is -1.52. The van der Waals surface area contributed by atoms with Crippen LogP contribution in [0.3, 0.4) is 0 Å². The number of aryl methyl sites for hydroxylation is 1. The summed E-state index contributed by atoms with van der Waals surface area (Å²) in [4.78, 5) is 8.74. The van der Waals surface area contributed by atoms with Crippen LogP contribution in [0.4, 0.5) is 4.39 Å². The molecule has 1 heterocycles. The van der Waals surface area contributed by atoms with Crippen LogP contribution in [-0.2, 0) is 6.42 Å². The van der Waals surface area contributed by atoms with Gasteiger partial charge in [-0.05, 0) is 55.6 Å². The first-order chi connectivity index (χ1) is 10.1. The van der Waals surface area contributed by atoms with Crippen molar-refractivity contribution in [1.29, 1.82) is 0 Å². The van der Waals surface area contributed by atoms with Crippen molar-refractivity contribution in [2.45, 2.75) is 32.7 Å². The molecule has 0 aliphatic carbocycles. The molecule has 0 aliphatic rings. The number of nitrogens with zero attached hydrogens (tertiary/aromatic N) is 2. The number of hydrogen-bond acceptors (Lipinski definition) is 3. The second kappa shape index (κ2) is 7.48. The average Bonchev–Trinajstić information content (AvgIpc) is 2.48. The van der Waals surface area contributed by atoms with Crippen molar-refractivity contribution >= 4 is 11.6 Å². The average molecular weight is 308 g/mol. The number of rotatable bonds is 6. The molecule has 1 aromatic heterocycles. The van der Waals surface area contributed by atoms with Crippen molar-refractivity contribution in [1.82, 2.24) is 15.3 Å². The summed E-state index contributed by atoms with van der Waals surface area (Å²) in [5.41, 5.74) is 1.77. The topological polar surface area (TPSA) is 37.8 Å². The van der Waals surface area contributed by atoms with Gasteiger partial charge in [-0.3, -0.25) is 0 Å². The Labute approximate surface area is 129 Å². The van der Waals surface area contributed by atoms with Gasteiger partial charge in [0.15, 0.2) is 0 Å². The third-order valence-electron chi connectivity index (χ3n) is 3.19. The molecule has 0 saturated carbocycles. The van der Waals surface area contributed by atoms with Crippen molar-refractivity contribution in [2.75, 3.05) is 6.54 Å². The molecule has 5 heteroatoms. The molecule has 0 radical (unpaired) electrons. The van der Waals surface area contributed by atoms with Crippen molar-refractivity contribution in [3.63, 3.8) is 0 Å². The van der Waals surface area contributed by atoms with E-state index >= 15 is 0 Å². The smallest absolute Gasteiger partial charge is 0.145 e. The lowest BCUT2D eigenvalue weighted by Gasteiger charge is -2.18. The van der Waals surface area contributed by atoms with Gasteiger partial charge >= 0.3 is 0 Å². The zero-order chi connectivity index (χ0) is 15.2. The van der Waals surface area contributed by atoms with Gasteiger partial charge < -0.3 is 5.32 Å². The van der Waals surface area contributed by atoms with Gasteiger partial charge in [-0.25, -0.2) is 14.4 Å². The third-order valence-corrected chi connectivity index (χ3v) is 3.55. The van der Waals surface area contributed by atoms with Crippen molar-refractivity contribution in [3.8, 4) is 0 Å². The molecule has 2 rings (SSSR count). The Morgan fingerprint density at radius 2 is 2.00 bits per heavy atom. The first kappa shape index (κ1) is 15.9. The molecule has 1 aromatic carbocycles. The standard InChI is InChI=1S/C16H19ClFN3/c1-3-6-19-15(16-20-9-11(2)10-21-16)8-12-7-13(18)4-5-14(12)17/h4-5,7,9-10,15,19H,3,6,8H2,1-2H3. The van der Waals surface area contributed by atoms with Crippen LogP contribution in [0.25, 0.3) is 0 Å². The molecule has 3 nitrogen and oxygen atoms in total. The first-order valence-corrected chi connectivity index (χ1v) is 7.43. The zero-order valence-electron chi connectivity index (χ0n) is 12.2. The maximum Gasteiger partial charge on any atom is 0.145 e. The Morgan fingerprint density at radius 1 is 1.29 bits per heavy atom. The van der Waals surface area contributed by atoms with Gasteiger partial charge in [-0.1, -0.05) is 18.5 Å². The van der Waals surface area contributed by atoms with Crippen LogP contribution in [0.2, 0.25) is 5.02 Å². The molecule has 2 aromatic rings. The van der Waals surface area contributed by atoms with E-state index in [2.05, 4.69) is 22.2 Å². The number of benzene rings is 1. The molecule has 0 aliphatic heterocycles. The lowest BCUT2D eigenvalue weighted by Crippen LogP contribution is -2.26. The second-order valence-corrected chi connectivity index (χ2v) is 5.47. The molecular formula is C16H19ClFN3. The van der Waals surface area contributed by atoms with Crippen molar-refractivity contribution in [3.05, 3.63) is 58.4 Å². The Kier molecular flexibility index (Phi) is 5.65. The normalized spacial score (nSPS) is 12.4. The molecule has 21 heavy (non-hydrogen) atoms. The quantitative estimate of drug-likeness (QED) is 0.880. The lowest BCUT2D eigenvalue weighted by atomic mass is 10.0. The molecular weight excluding hydrogens is 289 g/mol. The summed E-state index contributed by atoms with van der Waals surface area (Å²) in [5, 5.41) is 3.96. The summed E-state index contributed by atoms with van der Waals surface area (Å²) in [6, 6.07) is 4.34. The number of nitrogens with one attached hydrogen (secondary N) is 1. The monoisotopic (exact) mass is 307 g/mol. The maximum atomic E-state index is 13.4. The summed E-state index contributed by atoms with van der Waals surface area (Å²) < 4.78 is 13.4. The van der Waals surface area contributed by atoms with Crippen LogP contribution in [-0.4, -0.2) is 16.5 Å². The predicted molar refractivity (Wildman–Crippen MR) is 82.9 cm³/mol. The molecule has 0 saturated heterocycles. The fourth-order valence-corrected chi connectivity index (χ4v) is 2.27. The molecule has 112 valence electrons. The molecule has 0 fully saturated rings. The Bertz CT molecular complexity index is 587. The number of hydrogen-bond donors (Lipinski definition) is 1. The SMILES string of the molecule is CCCNC(Cc1cc(F)ccc1Cl)c1ncc(C)cn1. The van der Waals surface area contributed by atoms with Crippen LogP contribution in [0.5, 0.6) is 0 Å². The zero-order valence-corrected chi connectivity index (χ0v) is 13.0. The van der Waals surface area contributed by atoms with Gasteiger partial charge in [0.25, 0.3) is 0 Å². The molecule has 1 N–H and O–H groups in total. The number of aromatic nitrogens is 2. The molecule has 1 unspecified atom stereocenters. The van der Waals surface area contributed by atoms with E-state index < -0.39 is 0 Å². The van der Waals surface area contributed by atoms with E-state index in [4.69, 9.17) is 11.6 Å². The van der Waals surface area contributed by atoms with Gasteiger partial charge in [0.1, 0.15) is 11.6 Å². The Morgan fingerprint density at radius 3 is 2.67 bits per heavy atom. The van der Waals surface area contributed by atoms with E-state index in [-0.39, 0.29) is 11.9 Å². The predicted octanol–water partition coefficient (Wildman–Crippen LogP) is 3.86. The van der Waals surface area contributed by atoms with Crippen LogP contribution >= 0.6 is 11.6 Å². The molecule has 0 bridgehead atoms. The van der Waals surface area contributed by atoms with Gasteiger partial charge in [0, 0.05) is 17.4 Å². The van der Waals surface area contributed by atoms with E-state index in [1.807, 2.05) is 6.92 Å². The highest BCUT2D eigenvalue weighted by atomic mass is 35.5. The largest absolute Gasteiger partial charge is 0.307 e. The van der Waals surface area contributed by atoms with E-state index in [1.54, 1.807) is 18.5 Å². The highest BCUT2D eigenvalue weighted by Crippen LogP contribution is 2.23. The van der Waals surface area contributed by atoms with Crippen molar-refractivity contribution in [2.24, 2.45) is 0 Å². The number of halogens is 2. The third kappa shape index (κ3) is 4.48. The van der Waals surface area contributed by atoms with Gasteiger partial charge in [0.2, 0.25) is 0 Å². The summed E-state index contributed by atoms with van der Waals surface area (Å²) in [6.45, 7) is 4.88. The fraction of sp³-hybridized carbons (Fsp3) is 0.375. The molecule has 0 spiro atoms. The van der Waals surface area contributed by atoms with E-state index in [9.17, 15) is 4.39 Å². The minimum Gasteiger partial charge on any atom is -0.307 e. The fourth-order valence-electron chi connectivity index (χ4n) is 2.08. The summed E-state index contributed by atoms with van der Waals surface area (Å²) in [6.07, 6.45) is 5.13. The van der Waals surface area contributed by atoms with Crippen LogP contribution in [0.1, 0.15) is 36.3 Å². The van der Waals surface area contributed by atoms with Gasteiger partial charge in [-0.15, -0.1) is 0 Å². The minimum absolute atomic E-state index is 0.0788. The van der Waals surface area contributed by atoms with Crippen LogP contribution in [0, 0.1) is 12.7 Å². The van der Waals surface area contributed by atoms with E-state index in [1.165, 1.54) is 12.1 Å². The van der Waals surface area contributed by atoms with Gasteiger partial charge in [0.05, 0.1) is 6.04 Å². The van der Waals surface area contributed by atoms with Gasteiger partial charge in [-0.2, -0.15) is 0 Å². The summed E-state index contributed by atoms with van der Waals surface area (Å²) in [5.74, 6) is 0.419. The summed E-state index contributed by atoms with van der Waals surface area (Å²) in [7, 11) is 0. The molecule has 1 atom stereocenters. The summed E-state index contributed by atoms with van der Waals surface area (Å²) >= 11 is 6.15. The van der Waals surface area contributed by atoms with Crippen LogP contribution in [0.15, 0.2) is 30.6 Å². The first-order valence-electron chi connectivity index (χ1n) is 7.06. The highest BCUT2D eigenvalue weighted by molar-refractivity contribution is 6.31. The lowest BCUT2D eigenvalue weighted by molar-refractivity contribution is 0.502. The van der Waals surface area contributed by atoms with Crippen LogP contribution < -0.4 is 5.32 Å². The minimum atomic E-state index is -0.284. The maximum absolute atomic E-state index is 13.4. The highest BCUT2D eigenvalue weighted by Gasteiger charge is 2.16. The Balaban J connectivity index is 2.23. The second-order valence-electron chi connectivity index (χ2n) is 5.07. The van der Waals surface area contributed by atoms with E-state index in [0.29, 0.717) is 17.3 Å².